The molecule has 1 saturated carbocycles. The molecule has 1 heterocycles. The van der Waals surface area contributed by atoms with Crippen LogP contribution in [0.1, 0.15) is 83.5 Å². The second-order valence-corrected chi connectivity index (χ2v) is 6.76. The Hall–Kier alpha value is -0.730. The quantitative estimate of drug-likeness (QED) is 0.757. The van der Waals surface area contributed by atoms with E-state index >= 15 is 0 Å². The predicted octanol–water partition coefficient (Wildman–Crippen LogP) is 4.45. The average molecular weight is 280 g/mol. The van der Waals surface area contributed by atoms with Gasteiger partial charge in [0.25, 0.3) is 0 Å². The number of likely N-dealkylation sites (tertiary alicyclic amines) is 1. The normalized spacial score (nSPS) is 27.8. The highest BCUT2D eigenvalue weighted by atomic mass is 16.2. The van der Waals surface area contributed by atoms with Gasteiger partial charge >= 0.3 is 6.03 Å². The van der Waals surface area contributed by atoms with Gasteiger partial charge in [-0.15, -0.1) is 0 Å². The van der Waals surface area contributed by atoms with Gasteiger partial charge in [-0.05, 0) is 31.6 Å². The monoisotopic (exact) mass is 280 g/mol. The zero-order valence-electron chi connectivity index (χ0n) is 13.0. The van der Waals surface area contributed by atoms with Gasteiger partial charge in [0.2, 0.25) is 0 Å². The van der Waals surface area contributed by atoms with E-state index in [0.29, 0.717) is 12.0 Å². The molecule has 0 radical (unpaired) electrons. The van der Waals surface area contributed by atoms with Crippen LogP contribution in [0.3, 0.4) is 0 Å². The van der Waals surface area contributed by atoms with Gasteiger partial charge in [0.15, 0.2) is 0 Å². The molecular weight excluding hydrogens is 248 g/mol. The number of carbonyl (C=O) groups excluding carboxylic acids is 1. The SMILES string of the molecule is NC(=O)N1CCCCCC1C1CCCCCCCCC1. The Morgan fingerprint density at radius 1 is 0.750 bits per heavy atom. The Balaban J connectivity index is 2.00. The minimum atomic E-state index is -0.186. The number of rotatable bonds is 1. The van der Waals surface area contributed by atoms with Crippen molar-refractivity contribution in [3.63, 3.8) is 0 Å². The van der Waals surface area contributed by atoms with Crippen LogP contribution in [0.15, 0.2) is 0 Å². The van der Waals surface area contributed by atoms with Gasteiger partial charge in [0.1, 0.15) is 0 Å². The lowest BCUT2D eigenvalue weighted by Crippen LogP contribution is -2.47. The molecule has 1 aliphatic heterocycles. The van der Waals surface area contributed by atoms with Crippen LogP contribution in [-0.2, 0) is 0 Å². The van der Waals surface area contributed by atoms with Crippen LogP contribution in [0.4, 0.5) is 4.79 Å². The summed E-state index contributed by atoms with van der Waals surface area (Å²) in [6.07, 6.45) is 17.1. The third-order valence-corrected chi connectivity index (χ3v) is 5.28. The predicted molar refractivity (Wildman–Crippen MR) is 83.6 cm³/mol. The fourth-order valence-corrected chi connectivity index (χ4v) is 4.12. The van der Waals surface area contributed by atoms with E-state index in [1.807, 2.05) is 4.90 Å². The van der Waals surface area contributed by atoms with Crippen LogP contribution in [0, 0.1) is 5.92 Å². The van der Waals surface area contributed by atoms with Crippen molar-refractivity contribution < 1.29 is 4.79 Å². The Morgan fingerprint density at radius 3 is 1.85 bits per heavy atom. The van der Waals surface area contributed by atoms with Gasteiger partial charge < -0.3 is 10.6 Å². The maximum absolute atomic E-state index is 11.8. The summed E-state index contributed by atoms with van der Waals surface area (Å²) in [6.45, 7) is 0.885. The first-order chi connectivity index (χ1) is 9.79. The molecule has 0 spiro atoms. The molecule has 2 N–H and O–H groups in total. The molecule has 3 heteroatoms. The molecule has 3 nitrogen and oxygen atoms in total. The second-order valence-electron chi connectivity index (χ2n) is 6.76. The zero-order chi connectivity index (χ0) is 14.2. The summed E-state index contributed by atoms with van der Waals surface area (Å²) >= 11 is 0. The second kappa shape index (κ2) is 8.53. The molecule has 0 aromatic heterocycles. The van der Waals surface area contributed by atoms with Crippen LogP contribution in [0.25, 0.3) is 0 Å². The van der Waals surface area contributed by atoms with E-state index in [4.69, 9.17) is 5.73 Å². The average Bonchev–Trinajstić information content (AvgIpc) is 2.70. The summed E-state index contributed by atoms with van der Waals surface area (Å²) in [7, 11) is 0. The number of carbonyl (C=O) groups is 1. The molecular formula is C17H32N2O. The fraction of sp³-hybridized carbons (Fsp3) is 0.941. The standard InChI is InChI=1S/C17H32N2O/c18-17(20)19-14-10-6-9-13-16(19)15-11-7-4-2-1-3-5-8-12-15/h15-16H,1-14H2,(H2,18,20). The molecule has 0 aromatic rings. The largest absolute Gasteiger partial charge is 0.351 e. The van der Waals surface area contributed by atoms with Crippen LogP contribution in [0.2, 0.25) is 0 Å². The van der Waals surface area contributed by atoms with Gasteiger partial charge in [0.05, 0.1) is 0 Å². The van der Waals surface area contributed by atoms with Gasteiger partial charge in [0, 0.05) is 12.6 Å². The van der Waals surface area contributed by atoms with Gasteiger partial charge in [-0.25, -0.2) is 4.79 Å². The molecule has 1 aliphatic carbocycles. The summed E-state index contributed by atoms with van der Waals surface area (Å²) < 4.78 is 0. The summed E-state index contributed by atoms with van der Waals surface area (Å²) in [5, 5.41) is 0. The number of nitrogens with two attached hydrogens (primary N) is 1. The van der Waals surface area contributed by atoms with Crippen LogP contribution in [0.5, 0.6) is 0 Å². The minimum Gasteiger partial charge on any atom is -0.351 e. The topological polar surface area (TPSA) is 46.3 Å². The third-order valence-electron chi connectivity index (χ3n) is 5.28. The lowest BCUT2D eigenvalue weighted by molar-refractivity contribution is 0.143. The maximum Gasteiger partial charge on any atom is 0.315 e. The van der Waals surface area contributed by atoms with E-state index in [-0.39, 0.29) is 6.03 Å². The number of nitrogens with zero attached hydrogens (tertiary/aromatic N) is 1. The Morgan fingerprint density at radius 2 is 1.25 bits per heavy atom. The lowest BCUT2D eigenvalue weighted by Gasteiger charge is -2.35. The minimum absolute atomic E-state index is 0.186. The van der Waals surface area contributed by atoms with Crippen LogP contribution in [-0.4, -0.2) is 23.5 Å². The molecule has 2 aliphatic rings. The Kier molecular flexibility index (Phi) is 6.68. The van der Waals surface area contributed by atoms with Crippen molar-refractivity contribution in [3.8, 4) is 0 Å². The fourth-order valence-electron chi connectivity index (χ4n) is 4.12. The highest BCUT2D eigenvalue weighted by Gasteiger charge is 2.30. The van der Waals surface area contributed by atoms with Crippen molar-refractivity contribution in [2.75, 3.05) is 6.54 Å². The molecule has 0 aromatic carbocycles. The van der Waals surface area contributed by atoms with Crippen molar-refractivity contribution in [2.24, 2.45) is 11.7 Å². The molecule has 2 rings (SSSR count). The molecule has 116 valence electrons. The van der Waals surface area contributed by atoms with Gasteiger partial charge in [-0.1, -0.05) is 57.8 Å². The van der Waals surface area contributed by atoms with E-state index in [1.54, 1.807) is 0 Å². The summed E-state index contributed by atoms with van der Waals surface area (Å²) in [5.74, 6) is 0.693. The summed E-state index contributed by atoms with van der Waals surface area (Å²) in [6, 6.07) is 0.239. The molecule has 1 saturated heterocycles. The van der Waals surface area contributed by atoms with E-state index in [1.165, 1.54) is 77.0 Å². The van der Waals surface area contributed by atoms with E-state index < -0.39 is 0 Å². The molecule has 1 atom stereocenters. The molecule has 2 amide bonds. The number of hydrogen-bond acceptors (Lipinski definition) is 1. The highest BCUT2D eigenvalue weighted by Crippen LogP contribution is 2.31. The Labute approximate surface area is 124 Å². The van der Waals surface area contributed by atoms with Crippen molar-refractivity contribution >= 4 is 6.03 Å². The Bertz CT molecular complexity index is 283. The number of urea groups is 1. The van der Waals surface area contributed by atoms with E-state index in [2.05, 4.69) is 0 Å². The molecule has 1 unspecified atom stereocenters. The van der Waals surface area contributed by atoms with Crippen molar-refractivity contribution in [1.29, 1.82) is 0 Å². The highest BCUT2D eigenvalue weighted by molar-refractivity contribution is 5.72. The number of hydrogen-bond donors (Lipinski definition) is 1. The molecule has 0 bridgehead atoms. The first kappa shape index (κ1) is 15.7. The maximum atomic E-state index is 11.8. The first-order valence-electron chi connectivity index (χ1n) is 8.85. The van der Waals surface area contributed by atoms with Crippen molar-refractivity contribution in [3.05, 3.63) is 0 Å². The lowest BCUT2D eigenvalue weighted by atomic mass is 9.84. The number of amides is 2. The van der Waals surface area contributed by atoms with Gasteiger partial charge in [-0.2, -0.15) is 0 Å². The van der Waals surface area contributed by atoms with Gasteiger partial charge in [-0.3, -0.25) is 0 Å². The number of primary amides is 1. The smallest absolute Gasteiger partial charge is 0.315 e. The first-order valence-corrected chi connectivity index (χ1v) is 8.85. The van der Waals surface area contributed by atoms with E-state index in [0.717, 1.165) is 13.0 Å². The molecule has 20 heavy (non-hydrogen) atoms. The van der Waals surface area contributed by atoms with Crippen LogP contribution < -0.4 is 5.73 Å². The van der Waals surface area contributed by atoms with Crippen molar-refractivity contribution in [1.82, 2.24) is 4.90 Å². The third kappa shape index (κ3) is 4.68. The van der Waals surface area contributed by atoms with Crippen molar-refractivity contribution in [2.45, 2.75) is 89.5 Å². The van der Waals surface area contributed by atoms with E-state index in [9.17, 15) is 4.79 Å². The molecule has 2 fully saturated rings. The summed E-state index contributed by atoms with van der Waals surface area (Å²) in [5.41, 5.74) is 5.65. The summed E-state index contributed by atoms with van der Waals surface area (Å²) in [4.78, 5) is 13.8. The zero-order valence-corrected chi connectivity index (χ0v) is 13.0. The van der Waals surface area contributed by atoms with Crippen LogP contribution >= 0.6 is 0 Å².